The number of benzene rings is 1. The maximum absolute atomic E-state index is 9.42. The van der Waals surface area contributed by atoms with Crippen LogP contribution in [0.3, 0.4) is 0 Å². The maximum atomic E-state index is 9.42. The Kier molecular flexibility index (Phi) is 4.22. The van der Waals surface area contributed by atoms with E-state index in [2.05, 4.69) is 10.2 Å². The van der Waals surface area contributed by atoms with Crippen LogP contribution < -0.4 is 4.74 Å². The molecule has 4 heteroatoms. The van der Waals surface area contributed by atoms with Crippen molar-refractivity contribution in [1.29, 1.82) is 0 Å². The normalized spacial score (nSPS) is 12.4. The summed E-state index contributed by atoms with van der Waals surface area (Å²) >= 11 is 0. The summed E-state index contributed by atoms with van der Waals surface area (Å²) in [5.74, 6) is 0.821. The summed E-state index contributed by atoms with van der Waals surface area (Å²) in [5.41, 5.74) is 3.72. The van der Waals surface area contributed by atoms with E-state index in [9.17, 15) is 5.11 Å². The zero-order valence-corrected chi connectivity index (χ0v) is 11.6. The van der Waals surface area contributed by atoms with E-state index in [0.717, 1.165) is 29.1 Å². The van der Waals surface area contributed by atoms with Crippen molar-refractivity contribution in [3.05, 3.63) is 46.8 Å². The molecule has 4 nitrogen and oxygen atoms in total. The molecule has 0 amide bonds. The molecule has 0 radical (unpaired) electrons. The third-order valence-corrected chi connectivity index (χ3v) is 3.24. The zero-order valence-electron chi connectivity index (χ0n) is 11.6. The number of hydrogen-bond donors (Lipinski definition) is 2. The molecule has 0 aliphatic heterocycles. The predicted octanol–water partition coefficient (Wildman–Crippen LogP) is 3.05. The molecular formula is C15H20N2O2. The van der Waals surface area contributed by atoms with Crippen LogP contribution in [0.1, 0.15) is 42.0 Å². The van der Waals surface area contributed by atoms with Crippen LogP contribution in [0.15, 0.2) is 24.3 Å². The van der Waals surface area contributed by atoms with E-state index in [4.69, 9.17) is 4.74 Å². The van der Waals surface area contributed by atoms with E-state index in [0.29, 0.717) is 0 Å². The molecule has 0 aliphatic rings. The van der Waals surface area contributed by atoms with Gasteiger partial charge in [0.25, 0.3) is 0 Å². The van der Waals surface area contributed by atoms with Crippen molar-refractivity contribution in [2.45, 2.75) is 39.9 Å². The molecule has 1 aromatic carbocycles. The summed E-state index contributed by atoms with van der Waals surface area (Å²) in [6, 6.07) is 7.95. The van der Waals surface area contributed by atoms with Crippen molar-refractivity contribution in [3.8, 4) is 5.75 Å². The topological polar surface area (TPSA) is 58.1 Å². The molecule has 2 aromatic rings. The van der Waals surface area contributed by atoms with Gasteiger partial charge in [-0.05, 0) is 32.4 Å². The molecule has 0 aliphatic carbocycles. The Balaban J connectivity index is 2.22. The van der Waals surface area contributed by atoms with E-state index < -0.39 is 0 Å². The van der Waals surface area contributed by atoms with Gasteiger partial charge in [-0.25, -0.2) is 0 Å². The number of ether oxygens (including phenoxy) is 1. The average Bonchev–Trinajstić information content (AvgIpc) is 2.79. The second-order valence-electron chi connectivity index (χ2n) is 4.70. The number of aryl methyl sites for hydroxylation is 2. The number of rotatable bonds is 5. The van der Waals surface area contributed by atoms with Crippen molar-refractivity contribution >= 4 is 0 Å². The molecule has 2 N–H and O–H groups in total. The first-order valence-electron chi connectivity index (χ1n) is 6.53. The van der Waals surface area contributed by atoms with Crippen molar-refractivity contribution in [2.24, 2.45) is 0 Å². The Morgan fingerprint density at radius 3 is 2.53 bits per heavy atom. The first-order valence-corrected chi connectivity index (χ1v) is 6.53. The van der Waals surface area contributed by atoms with Gasteiger partial charge in [0.2, 0.25) is 0 Å². The van der Waals surface area contributed by atoms with Gasteiger partial charge in [0.05, 0.1) is 6.61 Å². The predicted molar refractivity (Wildman–Crippen MR) is 74.1 cm³/mol. The Labute approximate surface area is 113 Å². The van der Waals surface area contributed by atoms with Gasteiger partial charge in [0, 0.05) is 11.3 Å². The standard InChI is InChI=1S/C15H20N2O2/c1-4-14(15-13(9-18)11(3)16-17-15)19-12-7-5-10(2)6-8-12/h5-8,14,18H,4,9H2,1-3H3,(H,16,17). The first-order chi connectivity index (χ1) is 9.15. The van der Waals surface area contributed by atoms with Crippen LogP contribution in [-0.4, -0.2) is 15.3 Å². The van der Waals surface area contributed by atoms with Crippen LogP contribution in [0.4, 0.5) is 0 Å². The minimum absolute atomic E-state index is 0.0224. The third kappa shape index (κ3) is 2.96. The van der Waals surface area contributed by atoms with Crippen LogP contribution in [-0.2, 0) is 6.61 Å². The van der Waals surface area contributed by atoms with Gasteiger partial charge in [0.1, 0.15) is 17.5 Å². The lowest BCUT2D eigenvalue weighted by Gasteiger charge is -2.17. The highest BCUT2D eigenvalue weighted by molar-refractivity contribution is 5.29. The van der Waals surface area contributed by atoms with Crippen LogP contribution >= 0.6 is 0 Å². The fourth-order valence-corrected chi connectivity index (χ4v) is 2.05. The van der Waals surface area contributed by atoms with Gasteiger partial charge in [0.15, 0.2) is 0 Å². The van der Waals surface area contributed by atoms with Gasteiger partial charge in [-0.15, -0.1) is 0 Å². The summed E-state index contributed by atoms with van der Waals surface area (Å²) in [6.45, 7) is 5.97. The minimum Gasteiger partial charge on any atom is -0.484 e. The Bertz CT molecular complexity index is 532. The Hall–Kier alpha value is -1.81. The fourth-order valence-electron chi connectivity index (χ4n) is 2.05. The molecule has 2 rings (SSSR count). The maximum Gasteiger partial charge on any atom is 0.142 e. The molecule has 0 saturated carbocycles. The second-order valence-corrected chi connectivity index (χ2v) is 4.70. The molecule has 19 heavy (non-hydrogen) atoms. The number of hydrogen-bond acceptors (Lipinski definition) is 3. The number of nitrogens with zero attached hydrogens (tertiary/aromatic N) is 1. The lowest BCUT2D eigenvalue weighted by atomic mass is 10.1. The van der Waals surface area contributed by atoms with E-state index in [1.807, 2.05) is 45.0 Å². The first kappa shape index (κ1) is 13.6. The van der Waals surface area contributed by atoms with E-state index in [1.54, 1.807) is 0 Å². The summed E-state index contributed by atoms with van der Waals surface area (Å²) in [4.78, 5) is 0. The van der Waals surface area contributed by atoms with Crippen molar-refractivity contribution in [2.75, 3.05) is 0 Å². The zero-order chi connectivity index (χ0) is 13.8. The number of aliphatic hydroxyl groups excluding tert-OH is 1. The minimum atomic E-state index is -0.144. The van der Waals surface area contributed by atoms with Crippen LogP contribution in [0.5, 0.6) is 5.75 Å². The van der Waals surface area contributed by atoms with Gasteiger partial charge < -0.3 is 9.84 Å². The summed E-state index contributed by atoms with van der Waals surface area (Å²) < 4.78 is 5.97. The van der Waals surface area contributed by atoms with Gasteiger partial charge in [-0.3, -0.25) is 5.10 Å². The molecule has 0 fully saturated rings. The van der Waals surface area contributed by atoms with Crippen molar-refractivity contribution in [3.63, 3.8) is 0 Å². The lowest BCUT2D eigenvalue weighted by molar-refractivity contribution is 0.191. The highest BCUT2D eigenvalue weighted by Crippen LogP contribution is 2.27. The molecule has 1 atom stereocenters. The fraction of sp³-hybridized carbons (Fsp3) is 0.400. The van der Waals surface area contributed by atoms with Crippen LogP contribution in [0.2, 0.25) is 0 Å². The average molecular weight is 260 g/mol. The lowest BCUT2D eigenvalue weighted by Crippen LogP contribution is -2.09. The molecule has 0 spiro atoms. The smallest absolute Gasteiger partial charge is 0.142 e. The highest BCUT2D eigenvalue weighted by Gasteiger charge is 2.20. The molecule has 1 heterocycles. The number of aromatic amines is 1. The summed E-state index contributed by atoms with van der Waals surface area (Å²) in [5, 5.41) is 16.6. The van der Waals surface area contributed by atoms with Gasteiger partial charge in [-0.1, -0.05) is 24.6 Å². The molecule has 1 unspecified atom stereocenters. The molecule has 1 aromatic heterocycles. The Morgan fingerprint density at radius 1 is 1.26 bits per heavy atom. The van der Waals surface area contributed by atoms with Gasteiger partial charge in [-0.2, -0.15) is 5.10 Å². The van der Waals surface area contributed by atoms with E-state index in [-0.39, 0.29) is 12.7 Å². The quantitative estimate of drug-likeness (QED) is 0.868. The number of H-pyrrole nitrogens is 1. The summed E-state index contributed by atoms with van der Waals surface area (Å²) in [6.07, 6.45) is 0.653. The van der Waals surface area contributed by atoms with Crippen LogP contribution in [0.25, 0.3) is 0 Å². The summed E-state index contributed by atoms with van der Waals surface area (Å²) in [7, 11) is 0. The monoisotopic (exact) mass is 260 g/mol. The van der Waals surface area contributed by atoms with Gasteiger partial charge >= 0.3 is 0 Å². The molecule has 102 valence electrons. The SMILES string of the molecule is CCC(Oc1ccc(C)cc1)c1n[nH]c(C)c1CO. The second kappa shape index (κ2) is 5.89. The van der Waals surface area contributed by atoms with E-state index in [1.165, 1.54) is 5.56 Å². The number of aliphatic hydroxyl groups is 1. The van der Waals surface area contributed by atoms with Crippen molar-refractivity contribution < 1.29 is 9.84 Å². The van der Waals surface area contributed by atoms with E-state index >= 15 is 0 Å². The highest BCUT2D eigenvalue weighted by atomic mass is 16.5. The largest absolute Gasteiger partial charge is 0.484 e. The Morgan fingerprint density at radius 2 is 1.95 bits per heavy atom. The molecule has 0 saturated heterocycles. The van der Waals surface area contributed by atoms with Crippen molar-refractivity contribution in [1.82, 2.24) is 10.2 Å². The van der Waals surface area contributed by atoms with Crippen LogP contribution in [0, 0.1) is 13.8 Å². The third-order valence-electron chi connectivity index (χ3n) is 3.24. The molecule has 0 bridgehead atoms. The number of nitrogens with one attached hydrogen (secondary N) is 1. The number of aromatic nitrogens is 2. The molecular weight excluding hydrogens is 240 g/mol.